The number of methoxy groups -OCH3 is 2. The highest BCUT2D eigenvalue weighted by Crippen LogP contribution is 2.03. The van der Waals surface area contributed by atoms with Crippen molar-refractivity contribution in [2.24, 2.45) is 5.73 Å². The molecule has 0 aromatic heterocycles. The first-order chi connectivity index (χ1) is 9.71. The largest absolute Gasteiger partial charge is 0.382 e. The molecule has 0 heterocycles. The van der Waals surface area contributed by atoms with Crippen molar-refractivity contribution in [3.8, 4) is 11.8 Å². The molecular formula is C15H20N2O3. The van der Waals surface area contributed by atoms with Gasteiger partial charge in [0.2, 0.25) is 0 Å². The molecule has 108 valence electrons. The fourth-order valence-electron chi connectivity index (χ4n) is 1.56. The molecule has 5 heteroatoms. The first-order valence-electron chi connectivity index (χ1n) is 6.30. The molecule has 1 aromatic carbocycles. The summed E-state index contributed by atoms with van der Waals surface area (Å²) in [5.41, 5.74) is 6.71. The van der Waals surface area contributed by atoms with E-state index in [1.54, 1.807) is 38.5 Å². The monoisotopic (exact) mass is 276 g/mol. The molecule has 1 aromatic rings. The van der Waals surface area contributed by atoms with Crippen LogP contribution in [-0.2, 0) is 9.47 Å². The predicted molar refractivity (Wildman–Crippen MR) is 77.4 cm³/mol. The molecule has 0 aliphatic rings. The number of benzene rings is 1. The number of rotatable bonds is 6. The van der Waals surface area contributed by atoms with E-state index < -0.39 is 0 Å². The summed E-state index contributed by atoms with van der Waals surface area (Å²) in [5, 5.41) is 2.80. The second-order valence-corrected chi connectivity index (χ2v) is 4.11. The summed E-state index contributed by atoms with van der Waals surface area (Å²) in [6, 6.07) is 7.04. The molecule has 0 fully saturated rings. The molecule has 0 saturated heterocycles. The van der Waals surface area contributed by atoms with Crippen molar-refractivity contribution in [1.82, 2.24) is 5.32 Å². The summed E-state index contributed by atoms with van der Waals surface area (Å²) in [7, 11) is 3.18. The number of amides is 1. The Hall–Kier alpha value is -1.87. The molecule has 0 radical (unpaired) electrons. The van der Waals surface area contributed by atoms with Crippen LogP contribution in [0.3, 0.4) is 0 Å². The number of carbonyl (C=O) groups excluding carboxylic acids is 1. The van der Waals surface area contributed by atoms with Gasteiger partial charge in [-0.15, -0.1) is 0 Å². The fourth-order valence-corrected chi connectivity index (χ4v) is 1.56. The molecule has 0 saturated carbocycles. The van der Waals surface area contributed by atoms with Crippen molar-refractivity contribution < 1.29 is 14.3 Å². The summed E-state index contributed by atoms with van der Waals surface area (Å²) >= 11 is 0. The molecule has 0 aliphatic carbocycles. The lowest BCUT2D eigenvalue weighted by Crippen LogP contribution is -2.35. The number of nitrogens with one attached hydrogen (secondary N) is 1. The fraction of sp³-hybridized carbons (Fsp3) is 0.400. The van der Waals surface area contributed by atoms with Crippen LogP contribution < -0.4 is 11.1 Å². The van der Waals surface area contributed by atoms with Crippen molar-refractivity contribution in [2.75, 3.05) is 33.9 Å². The zero-order valence-corrected chi connectivity index (χ0v) is 11.8. The lowest BCUT2D eigenvalue weighted by atomic mass is 10.1. The van der Waals surface area contributed by atoms with Crippen LogP contribution >= 0.6 is 0 Å². The quantitative estimate of drug-likeness (QED) is 0.737. The highest BCUT2D eigenvalue weighted by molar-refractivity contribution is 5.94. The van der Waals surface area contributed by atoms with Crippen molar-refractivity contribution >= 4 is 5.91 Å². The maximum atomic E-state index is 11.9. The van der Waals surface area contributed by atoms with Gasteiger partial charge in [0.15, 0.2) is 0 Å². The van der Waals surface area contributed by atoms with Crippen LogP contribution in [0.2, 0.25) is 0 Å². The van der Waals surface area contributed by atoms with Crippen molar-refractivity contribution in [3.05, 3.63) is 35.4 Å². The van der Waals surface area contributed by atoms with E-state index in [1.165, 1.54) is 0 Å². The minimum atomic E-state index is -0.154. The van der Waals surface area contributed by atoms with Crippen LogP contribution in [0.4, 0.5) is 0 Å². The Balaban J connectivity index is 2.55. The van der Waals surface area contributed by atoms with Crippen molar-refractivity contribution in [3.63, 3.8) is 0 Å². The molecule has 20 heavy (non-hydrogen) atoms. The Morgan fingerprint density at radius 1 is 1.35 bits per heavy atom. The highest BCUT2D eigenvalue weighted by Gasteiger charge is 2.10. The molecule has 1 rings (SSSR count). The highest BCUT2D eigenvalue weighted by atomic mass is 16.5. The SMILES string of the molecule is COCC(CNC(=O)c1ccc(C#CCN)cc1)OC. The molecule has 0 bridgehead atoms. The topological polar surface area (TPSA) is 73.6 Å². The second-order valence-electron chi connectivity index (χ2n) is 4.11. The zero-order chi connectivity index (χ0) is 14.8. The number of nitrogens with two attached hydrogens (primary N) is 1. The Bertz CT molecular complexity index is 474. The van der Waals surface area contributed by atoms with Gasteiger partial charge in [-0.2, -0.15) is 0 Å². The molecule has 5 nitrogen and oxygen atoms in total. The normalized spacial score (nSPS) is 11.3. The van der Waals surface area contributed by atoms with Crippen LogP contribution in [0.15, 0.2) is 24.3 Å². The van der Waals surface area contributed by atoms with E-state index in [2.05, 4.69) is 17.2 Å². The Kier molecular flexibility index (Phi) is 7.36. The van der Waals surface area contributed by atoms with E-state index >= 15 is 0 Å². The lowest BCUT2D eigenvalue weighted by molar-refractivity contribution is 0.0285. The van der Waals surface area contributed by atoms with Gasteiger partial charge in [-0.05, 0) is 24.3 Å². The zero-order valence-electron chi connectivity index (χ0n) is 11.8. The number of ether oxygens (including phenoxy) is 2. The molecule has 1 amide bonds. The molecular weight excluding hydrogens is 256 g/mol. The Labute approximate surface area is 119 Å². The summed E-state index contributed by atoms with van der Waals surface area (Å²) in [6.07, 6.45) is -0.154. The number of hydrogen-bond donors (Lipinski definition) is 2. The average molecular weight is 276 g/mol. The van der Waals surface area contributed by atoms with Crippen LogP contribution in [0, 0.1) is 11.8 Å². The first-order valence-corrected chi connectivity index (χ1v) is 6.30. The summed E-state index contributed by atoms with van der Waals surface area (Å²) in [6.45, 7) is 1.16. The lowest BCUT2D eigenvalue weighted by Gasteiger charge is -2.14. The van der Waals surface area contributed by atoms with Crippen LogP contribution in [0.1, 0.15) is 15.9 Å². The van der Waals surface area contributed by atoms with Gasteiger partial charge in [-0.1, -0.05) is 11.8 Å². The first kappa shape index (κ1) is 16.2. The van der Waals surface area contributed by atoms with E-state index in [0.717, 1.165) is 5.56 Å². The van der Waals surface area contributed by atoms with Crippen LogP contribution in [0.5, 0.6) is 0 Å². The van der Waals surface area contributed by atoms with Gasteiger partial charge in [0.25, 0.3) is 5.91 Å². The summed E-state index contributed by atoms with van der Waals surface area (Å²) in [4.78, 5) is 11.9. The third kappa shape index (κ3) is 5.41. The Morgan fingerprint density at radius 2 is 2.05 bits per heavy atom. The summed E-state index contributed by atoms with van der Waals surface area (Å²) < 4.78 is 10.2. The van der Waals surface area contributed by atoms with Crippen LogP contribution in [0.25, 0.3) is 0 Å². The maximum Gasteiger partial charge on any atom is 0.251 e. The maximum absolute atomic E-state index is 11.9. The molecule has 0 spiro atoms. The van der Waals surface area contributed by atoms with Crippen molar-refractivity contribution in [2.45, 2.75) is 6.10 Å². The number of hydrogen-bond acceptors (Lipinski definition) is 4. The minimum Gasteiger partial charge on any atom is -0.382 e. The molecule has 1 atom stereocenters. The summed E-state index contributed by atoms with van der Waals surface area (Å²) in [5.74, 6) is 5.51. The third-order valence-electron chi connectivity index (χ3n) is 2.66. The van der Waals surface area contributed by atoms with Gasteiger partial charge in [0.1, 0.15) is 0 Å². The van der Waals surface area contributed by atoms with E-state index in [4.69, 9.17) is 15.2 Å². The third-order valence-corrected chi connectivity index (χ3v) is 2.66. The molecule has 3 N–H and O–H groups in total. The van der Waals surface area contributed by atoms with Gasteiger partial charge >= 0.3 is 0 Å². The second kappa shape index (κ2) is 9.10. The van der Waals surface area contributed by atoms with E-state index in [9.17, 15) is 4.79 Å². The van der Waals surface area contributed by atoms with Gasteiger partial charge in [-0.25, -0.2) is 0 Å². The van der Waals surface area contributed by atoms with Crippen molar-refractivity contribution in [1.29, 1.82) is 0 Å². The predicted octanol–water partition coefficient (Wildman–Crippen LogP) is 0.388. The minimum absolute atomic E-state index is 0.151. The smallest absolute Gasteiger partial charge is 0.251 e. The number of carbonyl (C=O) groups is 1. The van der Waals surface area contributed by atoms with Crippen LogP contribution in [-0.4, -0.2) is 45.9 Å². The average Bonchev–Trinajstić information content (AvgIpc) is 2.49. The van der Waals surface area contributed by atoms with Gasteiger partial charge < -0.3 is 20.5 Å². The molecule has 1 unspecified atom stereocenters. The standard InChI is InChI=1S/C15H20N2O3/c1-19-11-14(20-2)10-17-15(18)13-7-5-12(6-8-13)4-3-9-16/h5-8,14H,9-11,16H2,1-2H3,(H,17,18). The van der Waals surface area contributed by atoms with Gasteiger partial charge in [0.05, 0.1) is 19.3 Å². The van der Waals surface area contributed by atoms with E-state index in [-0.39, 0.29) is 12.0 Å². The molecule has 0 aliphatic heterocycles. The van der Waals surface area contributed by atoms with E-state index in [0.29, 0.717) is 25.3 Å². The van der Waals surface area contributed by atoms with E-state index in [1.807, 2.05) is 0 Å². The van der Waals surface area contributed by atoms with Gasteiger partial charge in [0, 0.05) is 31.9 Å². The Morgan fingerprint density at radius 3 is 2.60 bits per heavy atom. The van der Waals surface area contributed by atoms with Gasteiger partial charge in [-0.3, -0.25) is 4.79 Å².